The van der Waals surface area contributed by atoms with Crippen molar-refractivity contribution in [2.75, 3.05) is 9.80 Å². The van der Waals surface area contributed by atoms with Crippen LogP contribution in [0.5, 0.6) is 0 Å². The van der Waals surface area contributed by atoms with Gasteiger partial charge in [0, 0.05) is 65.7 Å². The third-order valence-electron chi connectivity index (χ3n) is 15.3. The van der Waals surface area contributed by atoms with E-state index in [4.69, 9.17) is 0 Å². The average molecular weight is 895 g/mol. The zero-order valence-electron chi connectivity index (χ0n) is 38.6. The van der Waals surface area contributed by atoms with Gasteiger partial charge in [-0.05, 0) is 103 Å². The van der Waals surface area contributed by atoms with E-state index in [1.54, 1.807) is 0 Å². The summed E-state index contributed by atoms with van der Waals surface area (Å²) < 4.78 is 5.18. The van der Waals surface area contributed by atoms with E-state index in [2.05, 4.69) is 249 Å². The molecular formula is C66H46N4. The lowest BCUT2D eigenvalue weighted by Crippen LogP contribution is -2.26. The predicted molar refractivity (Wildman–Crippen MR) is 295 cm³/mol. The standard InChI is InChI=1S/C66H46N4/c1-5-21-43(22-6-1)47-29-13-17-33-55(47)67(45-25-9-3-10-26-45)59-39-37-49-53-41-62-54(42-61(53)69-57-35-19-15-31-51(57)63(59)65(49)69)50-38-40-60(64-52-32-16-20-36-58(52)70(62)66(50)64)68(46-27-11-4-12-28-46)56-34-18-14-30-48(56)44-23-7-2-8-24-44/h1-3,5-11,13-36,38,40-42H,4,12,37,39H2. The minimum atomic E-state index is 0.899. The predicted octanol–water partition coefficient (Wildman–Crippen LogP) is 16.7. The molecule has 0 saturated heterocycles. The lowest BCUT2D eigenvalue weighted by Gasteiger charge is -2.31. The van der Waals surface area contributed by atoms with E-state index in [0.717, 1.165) is 25.7 Å². The molecule has 15 rings (SSSR count). The van der Waals surface area contributed by atoms with Crippen molar-refractivity contribution in [3.63, 3.8) is 0 Å². The number of allylic oxidation sites excluding steroid dienone is 3. The van der Waals surface area contributed by atoms with Crippen molar-refractivity contribution >= 4 is 93.9 Å². The van der Waals surface area contributed by atoms with E-state index in [0.29, 0.717) is 0 Å². The third-order valence-corrected chi connectivity index (χ3v) is 15.3. The van der Waals surface area contributed by atoms with Gasteiger partial charge in [0.2, 0.25) is 0 Å². The molecule has 0 atom stereocenters. The Morgan fingerprint density at radius 2 is 0.957 bits per heavy atom. The van der Waals surface area contributed by atoms with Crippen molar-refractivity contribution in [2.45, 2.75) is 25.7 Å². The molecular weight excluding hydrogens is 849 g/mol. The molecule has 0 aliphatic heterocycles. The van der Waals surface area contributed by atoms with Crippen LogP contribution in [-0.2, 0) is 6.42 Å². The molecule has 0 amide bonds. The van der Waals surface area contributed by atoms with Crippen LogP contribution in [0.3, 0.4) is 0 Å². The first kappa shape index (κ1) is 39.2. The fourth-order valence-electron chi connectivity index (χ4n) is 12.4. The zero-order chi connectivity index (χ0) is 45.9. The number of benzene rings is 9. The fourth-order valence-corrected chi connectivity index (χ4v) is 12.4. The lowest BCUT2D eigenvalue weighted by molar-refractivity contribution is 0.981. The van der Waals surface area contributed by atoms with Crippen LogP contribution in [0.25, 0.3) is 93.4 Å². The lowest BCUT2D eigenvalue weighted by atomic mass is 9.94. The Morgan fingerprint density at radius 1 is 0.386 bits per heavy atom. The largest absolute Gasteiger partial charge is 0.313 e. The molecule has 2 aliphatic carbocycles. The molecule has 0 bridgehead atoms. The van der Waals surface area contributed by atoms with Crippen molar-refractivity contribution < 1.29 is 0 Å². The summed E-state index contributed by atoms with van der Waals surface area (Å²) in [6.45, 7) is 0. The minimum Gasteiger partial charge on any atom is -0.313 e. The molecule has 9 aromatic carbocycles. The van der Waals surface area contributed by atoms with Crippen molar-refractivity contribution in [2.24, 2.45) is 0 Å². The second kappa shape index (κ2) is 15.3. The maximum atomic E-state index is 2.60. The van der Waals surface area contributed by atoms with Crippen molar-refractivity contribution in [1.82, 2.24) is 8.80 Å². The maximum absolute atomic E-state index is 2.60. The van der Waals surface area contributed by atoms with Crippen LogP contribution in [0.1, 0.15) is 24.8 Å². The minimum absolute atomic E-state index is 0.899. The summed E-state index contributed by atoms with van der Waals surface area (Å²) in [5, 5.41) is 9.07. The zero-order valence-corrected chi connectivity index (χ0v) is 38.6. The van der Waals surface area contributed by atoms with Crippen molar-refractivity contribution in [3.05, 3.63) is 247 Å². The SMILES string of the molecule is C1=CC(N(c2ccccc2-c2ccccc2)c2ccc3c4cc5c(cc4n4c6ccccc6c2c34)c2c3c(c4ccccc4n35)=C(N(c3ccccc3)c3ccccc3-c3ccccc3)CC2)=CCC1. The first-order chi connectivity index (χ1) is 34.8. The number of hydrogen-bond acceptors (Lipinski definition) is 2. The van der Waals surface area contributed by atoms with Gasteiger partial charge in [0.15, 0.2) is 0 Å². The van der Waals surface area contributed by atoms with Gasteiger partial charge >= 0.3 is 0 Å². The van der Waals surface area contributed by atoms with Gasteiger partial charge in [-0.3, -0.25) is 0 Å². The van der Waals surface area contributed by atoms with Crippen LogP contribution in [0.4, 0.5) is 22.7 Å². The van der Waals surface area contributed by atoms with E-state index in [9.17, 15) is 0 Å². The van der Waals surface area contributed by atoms with Crippen LogP contribution >= 0.6 is 0 Å². The molecule has 330 valence electrons. The Labute approximate surface area is 405 Å². The topological polar surface area (TPSA) is 15.3 Å². The van der Waals surface area contributed by atoms with E-state index in [-0.39, 0.29) is 0 Å². The molecule has 4 heteroatoms. The molecule has 13 aromatic rings. The Balaban J connectivity index is 1.02. The maximum Gasteiger partial charge on any atom is 0.0641 e. The monoisotopic (exact) mass is 894 g/mol. The number of hydrogen-bond donors (Lipinski definition) is 0. The van der Waals surface area contributed by atoms with E-state index in [1.807, 2.05) is 0 Å². The molecule has 0 saturated carbocycles. The summed E-state index contributed by atoms with van der Waals surface area (Å²) in [6.07, 6.45) is 11.0. The van der Waals surface area contributed by atoms with Gasteiger partial charge in [-0.25, -0.2) is 0 Å². The Morgan fingerprint density at radius 3 is 1.66 bits per heavy atom. The van der Waals surface area contributed by atoms with Gasteiger partial charge in [-0.15, -0.1) is 0 Å². The number of fused-ring (bicyclic) bond motifs is 12. The second-order valence-corrected chi connectivity index (χ2v) is 19.0. The molecule has 4 nitrogen and oxygen atoms in total. The first-order valence-electron chi connectivity index (χ1n) is 24.7. The molecule has 0 unspecified atom stereocenters. The molecule has 70 heavy (non-hydrogen) atoms. The average Bonchev–Trinajstić information content (AvgIpc) is 4.17. The van der Waals surface area contributed by atoms with Crippen LogP contribution in [0.15, 0.2) is 236 Å². The number of aryl methyl sites for hydroxylation is 1. The van der Waals surface area contributed by atoms with E-state index in [1.165, 1.54) is 133 Å². The third kappa shape index (κ3) is 5.59. The first-order valence-corrected chi connectivity index (χ1v) is 24.7. The highest BCUT2D eigenvalue weighted by Crippen LogP contribution is 2.50. The summed E-state index contributed by atoms with van der Waals surface area (Å²) in [6, 6.07) is 78.5. The molecule has 0 radical (unpaired) electrons. The van der Waals surface area contributed by atoms with Gasteiger partial charge < -0.3 is 18.6 Å². The number of nitrogens with zero attached hydrogens (tertiary/aromatic N) is 4. The normalized spacial score (nSPS) is 13.8. The number of aromatic nitrogens is 2. The Bertz CT molecular complexity index is 4350. The highest BCUT2D eigenvalue weighted by atomic mass is 15.2. The molecule has 4 aromatic heterocycles. The van der Waals surface area contributed by atoms with Crippen molar-refractivity contribution in [1.29, 1.82) is 0 Å². The van der Waals surface area contributed by atoms with Gasteiger partial charge in [-0.2, -0.15) is 0 Å². The number of anilines is 4. The van der Waals surface area contributed by atoms with Crippen LogP contribution in [-0.4, -0.2) is 8.80 Å². The van der Waals surface area contributed by atoms with Crippen LogP contribution < -0.4 is 15.0 Å². The summed E-state index contributed by atoms with van der Waals surface area (Å²) in [5.74, 6) is 0. The van der Waals surface area contributed by atoms with Crippen LogP contribution in [0, 0.1) is 0 Å². The molecule has 0 N–H and O–H groups in total. The molecule has 4 heterocycles. The number of para-hydroxylation sites is 5. The van der Waals surface area contributed by atoms with E-state index >= 15 is 0 Å². The van der Waals surface area contributed by atoms with Gasteiger partial charge in [0.25, 0.3) is 0 Å². The molecule has 0 fully saturated rings. The van der Waals surface area contributed by atoms with Gasteiger partial charge in [0.1, 0.15) is 0 Å². The Kier molecular flexibility index (Phi) is 8.58. The van der Waals surface area contributed by atoms with Gasteiger partial charge in [0.05, 0.1) is 50.2 Å². The van der Waals surface area contributed by atoms with Crippen LogP contribution in [0.2, 0.25) is 0 Å². The van der Waals surface area contributed by atoms with E-state index < -0.39 is 0 Å². The number of rotatable bonds is 8. The summed E-state index contributed by atoms with van der Waals surface area (Å²) >= 11 is 0. The quantitative estimate of drug-likeness (QED) is 0.151. The highest BCUT2D eigenvalue weighted by molar-refractivity contribution is 6.28. The Hall–Kier alpha value is -8.86. The smallest absolute Gasteiger partial charge is 0.0641 e. The summed E-state index contributed by atoms with van der Waals surface area (Å²) in [5.41, 5.74) is 21.2. The summed E-state index contributed by atoms with van der Waals surface area (Å²) in [7, 11) is 0. The van der Waals surface area contributed by atoms with Crippen molar-refractivity contribution in [3.8, 4) is 22.3 Å². The fraction of sp³-hybridized carbons (Fsp3) is 0.0606. The second-order valence-electron chi connectivity index (χ2n) is 19.0. The molecule has 0 spiro atoms. The summed E-state index contributed by atoms with van der Waals surface area (Å²) in [4.78, 5) is 5.08. The molecule has 2 aliphatic rings. The highest BCUT2D eigenvalue weighted by Gasteiger charge is 2.31. The van der Waals surface area contributed by atoms with Gasteiger partial charge in [-0.1, -0.05) is 170 Å².